The first kappa shape index (κ1) is 16.5. The SMILES string of the molecule is CN(C)[C@@H](CNC(=O)N1CCC[C@@H]1c1ccncc1)c1ccco1. The zero-order valence-corrected chi connectivity index (χ0v) is 14.2. The minimum atomic E-state index is -0.0206. The highest BCUT2D eigenvalue weighted by Gasteiger charge is 2.30. The van der Waals surface area contributed by atoms with Crippen molar-refractivity contribution >= 4 is 6.03 Å². The molecule has 1 aliphatic heterocycles. The Morgan fingerprint density at radius 2 is 2.21 bits per heavy atom. The number of rotatable bonds is 5. The number of amides is 2. The van der Waals surface area contributed by atoms with E-state index < -0.39 is 0 Å². The Morgan fingerprint density at radius 1 is 1.42 bits per heavy atom. The molecule has 1 saturated heterocycles. The van der Waals surface area contributed by atoms with Gasteiger partial charge in [-0.2, -0.15) is 0 Å². The molecule has 128 valence electrons. The lowest BCUT2D eigenvalue weighted by Crippen LogP contribution is -2.42. The third kappa shape index (κ3) is 3.59. The van der Waals surface area contributed by atoms with E-state index in [2.05, 4.69) is 10.3 Å². The van der Waals surface area contributed by atoms with Crippen LogP contribution in [0.5, 0.6) is 0 Å². The first-order valence-electron chi connectivity index (χ1n) is 8.31. The van der Waals surface area contributed by atoms with Crippen molar-refractivity contribution in [2.24, 2.45) is 0 Å². The van der Waals surface area contributed by atoms with Crippen LogP contribution in [0, 0.1) is 0 Å². The molecule has 0 aliphatic carbocycles. The maximum absolute atomic E-state index is 12.7. The lowest BCUT2D eigenvalue weighted by molar-refractivity contribution is 0.185. The lowest BCUT2D eigenvalue weighted by atomic mass is 10.1. The van der Waals surface area contributed by atoms with Crippen molar-refractivity contribution in [3.8, 4) is 0 Å². The van der Waals surface area contributed by atoms with E-state index in [0.29, 0.717) is 6.54 Å². The van der Waals surface area contributed by atoms with Crippen molar-refractivity contribution in [1.82, 2.24) is 20.1 Å². The minimum absolute atomic E-state index is 0.0194. The van der Waals surface area contributed by atoms with Crippen LogP contribution in [-0.4, -0.2) is 48.0 Å². The van der Waals surface area contributed by atoms with Gasteiger partial charge < -0.3 is 14.6 Å². The van der Waals surface area contributed by atoms with E-state index >= 15 is 0 Å². The van der Waals surface area contributed by atoms with Crippen LogP contribution in [0.1, 0.15) is 36.2 Å². The number of likely N-dealkylation sites (tertiary alicyclic amines) is 1. The van der Waals surface area contributed by atoms with Crippen LogP contribution in [0.15, 0.2) is 47.3 Å². The summed E-state index contributed by atoms with van der Waals surface area (Å²) in [6.45, 7) is 1.30. The Balaban J connectivity index is 1.64. The van der Waals surface area contributed by atoms with Gasteiger partial charge in [-0.25, -0.2) is 4.79 Å². The Hall–Kier alpha value is -2.34. The molecule has 3 heterocycles. The molecule has 0 unspecified atom stereocenters. The average molecular weight is 328 g/mol. The number of aromatic nitrogens is 1. The number of pyridine rings is 1. The summed E-state index contributed by atoms with van der Waals surface area (Å²) in [5, 5.41) is 3.06. The van der Waals surface area contributed by atoms with Gasteiger partial charge in [-0.3, -0.25) is 9.88 Å². The number of urea groups is 1. The fraction of sp³-hybridized carbons (Fsp3) is 0.444. The molecule has 0 bridgehead atoms. The summed E-state index contributed by atoms with van der Waals surface area (Å²) < 4.78 is 5.49. The van der Waals surface area contributed by atoms with Gasteiger partial charge in [-0.15, -0.1) is 0 Å². The van der Waals surface area contributed by atoms with Gasteiger partial charge in [0.05, 0.1) is 18.3 Å². The number of hydrogen-bond acceptors (Lipinski definition) is 4. The zero-order chi connectivity index (χ0) is 16.9. The zero-order valence-electron chi connectivity index (χ0n) is 14.2. The first-order valence-corrected chi connectivity index (χ1v) is 8.31. The molecule has 2 aromatic rings. The lowest BCUT2D eigenvalue weighted by Gasteiger charge is -2.28. The molecule has 2 amide bonds. The molecule has 3 rings (SSSR count). The number of nitrogens with zero attached hydrogens (tertiary/aromatic N) is 3. The Bertz CT molecular complexity index is 642. The second-order valence-corrected chi connectivity index (χ2v) is 6.31. The van der Waals surface area contributed by atoms with E-state index in [9.17, 15) is 4.79 Å². The number of nitrogens with one attached hydrogen (secondary N) is 1. The van der Waals surface area contributed by atoms with Gasteiger partial charge in [0.2, 0.25) is 0 Å². The molecular weight excluding hydrogens is 304 g/mol. The van der Waals surface area contributed by atoms with Crippen molar-refractivity contribution in [3.63, 3.8) is 0 Å². The van der Waals surface area contributed by atoms with Gasteiger partial charge in [-0.1, -0.05) is 0 Å². The van der Waals surface area contributed by atoms with Crippen LogP contribution in [-0.2, 0) is 0 Å². The quantitative estimate of drug-likeness (QED) is 0.917. The van der Waals surface area contributed by atoms with Gasteiger partial charge in [0.25, 0.3) is 0 Å². The molecular formula is C18H24N4O2. The van der Waals surface area contributed by atoms with Crippen molar-refractivity contribution in [2.45, 2.75) is 24.9 Å². The monoisotopic (exact) mass is 328 g/mol. The fourth-order valence-corrected chi connectivity index (χ4v) is 3.25. The second kappa shape index (κ2) is 7.49. The third-order valence-electron chi connectivity index (χ3n) is 4.55. The topological polar surface area (TPSA) is 61.6 Å². The summed E-state index contributed by atoms with van der Waals surface area (Å²) >= 11 is 0. The van der Waals surface area contributed by atoms with E-state index in [1.807, 2.05) is 48.2 Å². The van der Waals surface area contributed by atoms with E-state index in [0.717, 1.165) is 30.7 Å². The Morgan fingerprint density at radius 3 is 2.88 bits per heavy atom. The molecule has 0 saturated carbocycles. The maximum Gasteiger partial charge on any atom is 0.317 e. The van der Waals surface area contributed by atoms with E-state index in [1.54, 1.807) is 18.7 Å². The van der Waals surface area contributed by atoms with Crippen molar-refractivity contribution < 1.29 is 9.21 Å². The highest BCUT2D eigenvalue weighted by atomic mass is 16.3. The fourth-order valence-electron chi connectivity index (χ4n) is 3.25. The van der Waals surface area contributed by atoms with Crippen LogP contribution in [0.25, 0.3) is 0 Å². The molecule has 0 aromatic carbocycles. The van der Waals surface area contributed by atoms with Gasteiger partial charge in [0.15, 0.2) is 0 Å². The number of carbonyl (C=O) groups is 1. The average Bonchev–Trinajstić information content (AvgIpc) is 3.27. The molecule has 1 fully saturated rings. The Labute approximate surface area is 142 Å². The summed E-state index contributed by atoms with van der Waals surface area (Å²) in [7, 11) is 3.96. The summed E-state index contributed by atoms with van der Waals surface area (Å²) in [5.74, 6) is 0.854. The van der Waals surface area contributed by atoms with E-state index in [1.165, 1.54) is 0 Å². The molecule has 2 aromatic heterocycles. The summed E-state index contributed by atoms with van der Waals surface area (Å²) in [6, 6.07) is 7.91. The molecule has 24 heavy (non-hydrogen) atoms. The van der Waals surface area contributed by atoms with E-state index in [-0.39, 0.29) is 18.1 Å². The predicted molar refractivity (Wildman–Crippen MR) is 91.5 cm³/mol. The summed E-state index contributed by atoms with van der Waals surface area (Å²) in [4.78, 5) is 20.7. The number of likely N-dealkylation sites (N-methyl/N-ethyl adjacent to an activating group) is 1. The largest absolute Gasteiger partial charge is 0.468 e. The molecule has 2 atom stereocenters. The normalized spacial score (nSPS) is 18.8. The van der Waals surface area contributed by atoms with Gasteiger partial charge in [-0.05, 0) is 56.8 Å². The number of hydrogen-bond donors (Lipinski definition) is 1. The third-order valence-corrected chi connectivity index (χ3v) is 4.55. The maximum atomic E-state index is 12.7. The molecule has 0 radical (unpaired) electrons. The van der Waals surface area contributed by atoms with Gasteiger partial charge in [0, 0.05) is 25.5 Å². The van der Waals surface area contributed by atoms with Crippen molar-refractivity contribution in [3.05, 3.63) is 54.2 Å². The predicted octanol–water partition coefficient (Wildman–Crippen LogP) is 2.82. The van der Waals surface area contributed by atoms with Crippen LogP contribution >= 0.6 is 0 Å². The molecule has 6 heteroatoms. The van der Waals surface area contributed by atoms with E-state index in [4.69, 9.17) is 4.42 Å². The smallest absolute Gasteiger partial charge is 0.317 e. The highest BCUT2D eigenvalue weighted by molar-refractivity contribution is 5.75. The second-order valence-electron chi connectivity index (χ2n) is 6.31. The standard InChI is InChI=1S/C18H24N4O2/c1-21(2)16(17-6-4-12-24-17)13-20-18(23)22-11-3-5-15(22)14-7-9-19-10-8-14/h4,6-10,12,15-16H,3,5,11,13H2,1-2H3,(H,20,23)/t15-,16+/m1/s1. The van der Waals surface area contributed by atoms with Crippen LogP contribution in [0.3, 0.4) is 0 Å². The van der Waals surface area contributed by atoms with Crippen molar-refractivity contribution in [2.75, 3.05) is 27.2 Å². The number of carbonyl (C=O) groups excluding carboxylic acids is 1. The first-order chi connectivity index (χ1) is 11.7. The Kier molecular flexibility index (Phi) is 5.15. The van der Waals surface area contributed by atoms with Crippen LogP contribution in [0.2, 0.25) is 0 Å². The molecule has 1 N–H and O–H groups in total. The van der Waals surface area contributed by atoms with Gasteiger partial charge in [0.1, 0.15) is 5.76 Å². The highest BCUT2D eigenvalue weighted by Crippen LogP contribution is 2.31. The van der Waals surface area contributed by atoms with Crippen LogP contribution < -0.4 is 5.32 Å². The summed E-state index contributed by atoms with van der Waals surface area (Å²) in [6.07, 6.45) is 7.24. The molecule has 0 spiro atoms. The molecule has 6 nitrogen and oxygen atoms in total. The minimum Gasteiger partial charge on any atom is -0.468 e. The summed E-state index contributed by atoms with van der Waals surface area (Å²) in [5.41, 5.74) is 1.15. The molecule has 1 aliphatic rings. The van der Waals surface area contributed by atoms with Crippen LogP contribution in [0.4, 0.5) is 4.79 Å². The van der Waals surface area contributed by atoms with Gasteiger partial charge >= 0.3 is 6.03 Å². The number of furan rings is 1. The van der Waals surface area contributed by atoms with Crippen molar-refractivity contribution in [1.29, 1.82) is 0 Å².